The molecule has 0 spiro atoms. The molecule has 0 aromatic rings. The van der Waals surface area contributed by atoms with Gasteiger partial charge in [0.05, 0.1) is 7.82 Å². The molecule has 0 aromatic heterocycles. The third-order valence-electron chi connectivity index (χ3n) is 0. The molecule has 0 unspecified atom stereocenters. The normalized spacial score (nSPS) is 5.91. The molecule has 0 atom stereocenters. The molecule has 0 heterocycles. The van der Waals surface area contributed by atoms with Gasteiger partial charge in [0.2, 0.25) is 0 Å². The molecule has 73 valence electrons. The van der Waals surface area contributed by atoms with Crippen molar-refractivity contribution in [3.05, 3.63) is 0 Å². The zero-order chi connectivity index (χ0) is 6.50. The first kappa shape index (κ1) is 42.5. The molecule has 0 aromatic carbocycles. The van der Waals surface area contributed by atoms with Gasteiger partial charge in [-0.2, -0.15) is 0 Å². The average Bonchev–Trinajstić information content (AvgIpc) is 1.36. The van der Waals surface area contributed by atoms with Crippen molar-refractivity contribution in [2.45, 2.75) is 0 Å². The molecule has 0 bridgehead atoms. The maximum absolute atomic E-state index is 8.66. The second kappa shape index (κ2) is 22.4. The fourth-order valence-corrected chi connectivity index (χ4v) is 0. The van der Waals surface area contributed by atoms with Crippen LogP contribution in [0.4, 0.5) is 0 Å². The molecule has 9 nitrogen and oxygen atoms in total. The Morgan fingerprint density at radius 3 is 1.00 bits per heavy atom. The summed E-state index contributed by atoms with van der Waals surface area (Å²) in [4.78, 5) is 24.3. The van der Waals surface area contributed by atoms with Crippen molar-refractivity contribution in [2.75, 3.05) is 0 Å². The monoisotopic (exact) mass is 235 g/mol. The molecule has 9 N–H and O–H groups in total. The molecular weight excluding hydrogens is 226 g/mol. The molecule has 11 heteroatoms. The van der Waals surface area contributed by atoms with Gasteiger partial charge in [-0.05, 0) is 0 Å². The Morgan fingerprint density at radius 2 is 1.00 bits per heavy atom. The summed E-state index contributed by atoms with van der Waals surface area (Å²) in [6, 6.07) is 0. The second-order valence-corrected chi connectivity index (χ2v) is 1.41. The number of hydrogen-bond donors (Lipinski definition) is 1. The fourth-order valence-electron chi connectivity index (χ4n) is 0. The SMILES string of the molecule is O.O.O.O.O=P([O-])([O-])O.[O]=[V+2]. The van der Waals surface area contributed by atoms with Crippen molar-refractivity contribution in [2.24, 2.45) is 0 Å². The Morgan fingerprint density at radius 1 is 1.00 bits per heavy atom. The third kappa shape index (κ3) is 6420. The van der Waals surface area contributed by atoms with Crippen LogP contribution in [0.15, 0.2) is 0 Å². The summed E-state index contributed by atoms with van der Waals surface area (Å²) in [6.07, 6.45) is 0. The van der Waals surface area contributed by atoms with Gasteiger partial charge in [0.25, 0.3) is 0 Å². The molecule has 0 aliphatic heterocycles. The van der Waals surface area contributed by atoms with Gasteiger partial charge in [0.1, 0.15) is 0 Å². The van der Waals surface area contributed by atoms with Crippen LogP contribution in [0.25, 0.3) is 0 Å². The van der Waals surface area contributed by atoms with E-state index in [2.05, 4.69) is 0 Å². The molecule has 11 heavy (non-hydrogen) atoms. The van der Waals surface area contributed by atoms with E-state index in [4.69, 9.17) is 22.9 Å². The van der Waals surface area contributed by atoms with Gasteiger partial charge in [-0.15, -0.1) is 0 Å². The third-order valence-corrected chi connectivity index (χ3v) is 0. The van der Waals surface area contributed by atoms with Crippen molar-refractivity contribution in [1.82, 2.24) is 0 Å². The first-order valence-electron chi connectivity index (χ1n) is 0.930. The second-order valence-electron chi connectivity index (χ2n) is 0.469. The van der Waals surface area contributed by atoms with E-state index in [1.165, 1.54) is 0 Å². The summed E-state index contributed by atoms with van der Waals surface area (Å²) in [7, 11) is -5.14. The number of phosphoric acid groups is 1. The number of rotatable bonds is 0. The molecule has 0 rings (SSSR count). The Balaban J connectivity index is -0.00000000972. The zero-order valence-corrected chi connectivity index (χ0v) is 7.27. The van der Waals surface area contributed by atoms with E-state index in [9.17, 15) is 0 Å². The fraction of sp³-hybridized carbons (Fsp3) is 0. The summed E-state index contributed by atoms with van der Waals surface area (Å²) >= 11 is 1.06. The topological polar surface area (TPSA) is 226 Å². The Labute approximate surface area is 70.7 Å². The van der Waals surface area contributed by atoms with Crippen LogP contribution in [0.2, 0.25) is 0 Å². The Hall–Kier alpha value is 0.334. The first-order valence-corrected chi connectivity index (χ1v) is 3.00. The van der Waals surface area contributed by atoms with Crippen LogP contribution < -0.4 is 9.79 Å². The minimum atomic E-state index is -5.14. The van der Waals surface area contributed by atoms with Gasteiger partial charge in [-0.3, -0.25) is 0 Å². The van der Waals surface area contributed by atoms with Gasteiger partial charge in [-0.25, -0.2) is 0 Å². The molecule has 0 aliphatic rings. The van der Waals surface area contributed by atoms with E-state index in [0.717, 1.165) is 17.4 Å². The Bertz CT molecular complexity index is 65.4. The molecule has 0 fully saturated rings. The minimum absolute atomic E-state index is 0. The van der Waals surface area contributed by atoms with Gasteiger partial charge in [0, 0.05) is 0 Å². The van der Waals surface area contributed by atoms with Crippen LogP contribution >= 0.6 is 7.82 Å². The molecule has 0 saturated heterocycles. The van der Waals surface area contributed by atoms with E-state index in [-0.39, 0.29) is 21.9 Å². The van der Waals surface area contributed by atoms with Crippen molar-refractivity contribution in [3.63, 3.8) is 0 Å². The van der Waals surface area contributed by atoms with E-state index in [1.54, 1.807) is 0 Å². The van der Waals surface area contributed by atoms with Gasteiger partial charge >= 0.3 is 21.0 Å². The van der Waals surface area contributed by atoms with Gasteiger partial charge < -0.3 is 41.2 Å². The van der Waals surface area contributed by atoms with Gasteiger partial charge in [0.15, 0.2) is 0 Å². The number of hydrogen-bond acceptors (Lipinski definition) is 4. The van der Waals surface area contributed by atoms with Crippen molar-refractivity contribution >= 4 is 7.82 Å². The van der Waals surface area contributed by atoms with Crippen molar-refractivity contribution in [3.8, 4) is 0 Å². The first-order chi connectivity index (χ1) is 3.00. The van der Waals surface area contributed by atoms with Crippen molar-refractivity contribution < 1.29 is 62.2 Å². The van der Waals surface area contributed by atoms with Gasteiger partial charge in [-0.1, -0.05) is 0 Å². The van der Waals surface area contributed by atoms with E-state index in [1.807, 2.05) is 0 Å². The van der Waals surface area contributed by atoms with E-state index in [0.29, 0.717) is 0 Å². The Kier molecular flexibility index (Phi) is 86.8. The van der Waals surface area contributed by atoms with E-state index >= 15 is 0 Å². The summed E-state index contributed by atoms with van der Waals surface area (Å²) in [6.45, 7) is 0. The predicted octanol–water partition coefficient (Wildman–Crippen LogP) is -5.61. The quantitative estimate of drug-likeness (QED) is 0.403. The zero-order valence-electron chi connectivity index (χ0n) is 4.97. The van der Waals surface area contributed by atoms with Crippen molar-refractivity contribution in [1.29, 1.82) is 0 Å². The average molecular weight is 235 g/mol. The molecule has 0 radical (unpaired) electrons. The van der Waals surface area contributed by atoms with E-state index < -0.39 is 7.82 Å². The molecule has 0 saturated carbocycles. The van der Waals surface area contributed by atoms with Crippen LogP contribution in [0.1, 0.15) is 0 Å². The van der Waals surface area contributed by atoms with Crippen LogP contribution in [0.5, 0.6) is 0 Å². The maximum atomic E-state index is 8.66. The summed E-state index contributed by atoms with van der Waals surface area (Å²) in [5.74, 6) is 0. The molecule has 0 amide bonds. The predicted molar refractivity (Wildman–Crippen MR) is 25.0 cm³/mol. The standard InChI is InChI=1S/H3O4P.4H2O.O.V/c1-5(2,3)4;;;;;;/h(H3,1,2,3,4);4*1H2;;/q;;;;;;+2/p-2. The van der Waals surface area contributed by atoms with Crippen LogP contribution in [0, 0.1) is 0 Å². The molecule has 0 aliphatic carbocycles. The van der Waals surface area contributed by atoms with Crippen LogP contribution in [-0.4, -0.2) is 26.8 Å². The van der Waals surface area contributed by atoms with Crippen LogP contribution in [0.3, 0.4) is 0 Å². The molecular formula is H9O9PV. The summed E-state index contributed by atoms with van der Waals surface area (Å²) in [5, 5.41) is 0. The summed E-state index contributed by atoms with van der Waals surface area (Å²) in [5.41, 5.74) is 0. The summed E-state index contributed by atoms with van der Waals surface area (Å²) < 4.78 is 16.8. The van der Waals surface area contributed by atoms with Crippen LogP contribution in [-0.2, 0) is 25.6 Å².